The van der Waals surface area contributed by atoms with Crippen LogP contribution in [0.5, 0.6) is 11.6 Å². The Morgan fingerprint density at radius 3 is 2.48 bits per heavy atom. The molecule has 110 valence electrons. The molecular formula is C12H8Cl3N3O3. The standard InChI is InChI=1S/C12H8Cl3N3O3/c1-2-11-16-10(15)5-12(17-11)21-9-4-7(14)6(13)3-8(9)18(19)20/h3-5H,2H2,1H3. The van der Waals surface area contributed by atoms with Gasteiger partial charge in [-0.25, -0.2) is 4.98 Å². The van der Waals surface area contributed by atoms with E-state index in [0.717, 1.165) is 6.07 Å². The van der Waals surface area contributed by atoms with Gasteiger partial charge in [0.15, 0.2) is 0 Å². The molecule has 0 amide bonds. The van der Waals surface area contributed by atoms with Gasteiger partial charge in [-0.2, -0.15) is 4.98 Å². The third kappa shape index (κ3) is 3.72. The lowest BCUT2D eigenvalue weighted by molar-refractivity contribution is -0.385. The van der Waals surface area contributed by atoms with Crippen molar-refractivity contribution < 1.29 is 9.66 Å². The first kappa shape index (κ1) is 15.8. The maximum absolute atomic E-state index is 11.0. The van der Waals surface area contributed by atoms with Gasteiger partial charge < -0.3 is 4.74 Å². The molecule has 0 saturated carbocycles. The van der Waals surface area contributed by atoms with Crippen LogP contribution in [-0.4, -0.2) is 14.9 Å². The summed E-state index contributed by atoms with van der Waals surface area (Å²) in [6, 6.07) is 3.72. The van der Waals surface area contributed by atoms with Crippen molar-refractivity contribution in [1.29, 1.82) is 0 Å². The molecule has 0 saturated heterocycles. The number of nitro groups is 1. The summed E-state index contributed by atoms with van der Waals surface area (Å²) in [5.41, 5.74) is -0.322. The lowest BCUT2D eigenvalue weighted by atomic mass is 10.3. The van der Waals surface area contributed by atoms with Crippen molar-refractivity contribution in [3.63, 3.8) is 0 Å². The van der Waals surface area contributed by atoms with E-state index in [9.17, 15) is 10.1 Å². The number of rotatable bonds is 4. The summed E-state index contributed by atoms with van der Waals surface area (Å²) >= 11 is 17.5. The molecule has 2 rings (SSSR count). The number of aromatic nitrogens is 2. The summed E-state index contributed by atoms with van der Waals surface area (Å²) in [6.07, 6.45) is 0.542. The predicted molar refractivity (Wildman–Crippen MR) is 79.6 cm³/mol. The van der Waals surface area contributed by atoms with Crippen LogP contribution in [0.2, 0.25) is 15.2 Å². The quantitative estimate of drug-likeness (QED) is 0.454. The first-order chi connectivity index (χ1) is 9.90. The number of halogens is 3. The molecule has 0 aliphatic heterocycles. The first-order valence-electron chi connectivity index (χ1n) is 5.75. The minimum absolute atomic E-state index is 0.0608. The number of hydrogen-bond acceptors (Lipinski definition) is 5. The summed E-state index contributed by atoms with van der Waals surface area (Å²) in [6.45, 7) is 1.84. The van der Waals surface area contributed by atoms with E-state index in [2.05, 4.69) is 9.97 Å². The molecule has 9 heteroatoms. The van der Waals surface area contributed by atoms with E-state index in [0.29, 0.717) is 12.2 Å². The SMILES string of the molecule is CCc1nc(Cl)cc(Oc2cc(Cl)c(Cl)cc2[N+](=O)[O-])n1. The first-order valence-corrected chi connectivity index (χ1v) is 6.88. The Morgan fingerprint density at radius 2 is 1.86 bits per heavy atom. The molecule has 0 aliphatic carbocycles. The van der Waals surface area contributed by atoms with E-state index in [1.807, 2.05) is 6.92 Å². The Hall–Kier alpha value is -1.63. The van der Waals surface area contributed by atoms with Crippen molar-refractivity contribution in [2.75, 3.05) is 0 Å². The van der Waals surface area contributed by atoms with Crippen molar-refractivity contribution in [3.8, 4) is 11.6 Å². The lowest BCUT2D eigenvalue weighted by Gasteiger charge is -2.08. The average Bonchev–Trinajstić information content (AvgIpc) is 2.41. The molecule has 2 aromatic rings. The molecule has 6 nitrogen and oxygen atoms in total. The van der Waals surface area contributed by atoms with Crippen LogP contribution in [0, 0.1) is 10.1 Å². The van der Waals surface area contributed by atoms with Crippen LogP contribution < -0.4 is 4.74 Å². The maximum Gasteiger partial charge on any atom is 0.313 e. The number of nitrogens with zero attached hydrogens (tertiary/aromatic N) is 3. The van der Waals surface area contributed by atoms with Gasteiger partial charge in [0.25, 0.3) is 0 Å². The topological polar surface area (TPSA) is 78.2 Å². The fourth-order valence-electron chi connectivity index (χ4n) is 1.51. The molecule has 0 atom stereocenters. The summed E-state index contributed by atoms with van der Waals surface area (Å²) < 4.78 is 5.41. The third-order valence-corrected chi connectivity index (χ3v) is 3.36. The van der Waals surface area contributed by atoms with Crippen LogP contribution in [0.3, 0.4) is 0 Å². The molecule has 0 aliphatic rings. The minimum Gasteiger partial charge on any atom is -0.432 e. The molecule has 1 aromatic heterocycles. The normalized spacial score (nSPS) is 10.5. The summed E-state index contributed by atoms with van der Waals surface area (Å²) in [7, 11) is 0. The fourth-order valence-corrected chi connectivity index (χ4v) is 2.01. The van der Waals surface area contributed by atoms with E-state index in [1.54, 1.807) is 0 Å². The highest BCUT2D eigenvalue weighted by Gasteiger charge is 2.20. The van der Waals surface area contributed by atoms with Gasteiger partial charge >= 0.3 is 5.69 Å². The molecule has 0 spiro atoms. The number of hydrogen-bond donors (Lipinski definition) is 0. The fraction of sp³-hybridized carbons (Fsp3) is 0.167. The number of nitro benzene ring substituents is 1. The van der Waals surface area contributed by atoms with Crippen molar-refractivity contribution in [2.24, 2.45) is 0 Å². The van der Waals surface area contributed by atoms with Gasteiger partial charge in [0.1, 0.15) is 11.0 Å². The molecule has 1 aromatic carbocycles. The van der Waals surface area contributed by atoms with Crippen LogP contribution in [0.15, 0.2) is 18.2 Å². The Bertz CT molecular complexity index is 710. The number of aryl methyl sites for hydroxylation is 1. The Morgan fingerprint density at radius 1 is 1.19 bits per heavy atom. The van der Waals surface area contributed by atoms with E-state index in [-0.39, 0.29) is 32.5 Å². The summed E-state index contributed by atoms with van der Waals surface area (Å²) in [5.74, 6) is 0.472. The molecule has 1 heterocycles. The van der Waals surface area contributed by atoms with E-state index >= 15 is 0 Å². The third-order valence-electron chi connectivity index (χ3n) is 2.45. The largest absolute Gasteiger partial charge is 0.432 e. The van der Waals surface area contributed by atoms with Crippen LogP contribution in [0.25, 0.3) is 0 Å². The minimum atomic E-state index is -0.624. The number of benzene rings is 1. The van der Waals surface area contributed by atoms with Crippen molar-refractivity contribution in [1.82, 2.24) is 9.97 Å². The highest BCUT2D eigenvalue weighted by Crippen LogP contribution is 2.37. The average molecular weight is 349 g/mol. The Labute approximate surface area is 134 Å². The monoisotopic (exact) mass is 347 g/mol. The lowest BCUT2D eigenvalue weighted by Crippen LogP contribution is -1.99. The van der Waals surface area contributed by atoms with Gasteiger partial charge in [-0.1, -0.05) is 41.7 Å². The summed E-state index contributed by atoms with van der Waals surface area (Å²) in [5, 5.41) is 11.4. The van der Waals surface area contributed by atoms with Crippen molar-refractivity contribution >= 4 is 40.5 Å². The van der Waals surface area contributed by atoms with Gasteiger partial charge in [-0.05, 0) is 0 Å². The zero-order valence-corrected chi connectivity index (χ0v) is 12.9. The molecule has 0 radical (unpaired) electrons. The second-order valence-electron chi connectivity index (χ2n) is 3.89. The maximum atomic E-state index is 11.0. The van der Waals surface area contributed by atoms with Gasteiger partial charge in [-0.15, -0.1) is 0 Å². The summed E-state index contributed by atoms with van der Waals surface area (Å²) in [4.78, 5) is 18.5. The zero-order chi connectivity index (χ0) is 15.6. The van der Waals surface area contributed by atoms with Crippen LogP contribution in [0.1, 0.15) is 12.7 Å². The van der Waals surface area contributed by atoms with E-state index < -0.39 is 4.92 Å². The van der Waals surface area contributed by atoms with E-state index in [1.165, 1.54) is 12.1 Å². The van der Waals surface area contributed by atoms with Crippen LogP contribution in [0.4, 0.5) is 5.69 Å². The van der Waals surface area contributed by atoms with Gasteiger partial charge in [0.05, 0.1) is 15.0 Å². The highest BCUT2D eigenvalue weighted by molar-refractivity contribution is 6.42. The zero-order valence-electron chi connectivity index (χ0n) is 10.6. The Balaban J connectivity index is 2.46. The molecule has 0 fully saturated rings. The smallest absolute Gasteiger partial charge is 0.313 e. The van der Waals surface area contributed by atoms with Crippen molar-refractivity contribution in [2.45, 2.75) is 13.3 Å². The van der Waals surface area contributed by atoms with Gasteiger partial charge in [0, 0.05) is 24.6 Å². The van der Waals surface area contributed by atoms with E-state index in [4.69, 9.17) is 39.5 Å². The van der Waals surface area contributed by atoms with Crippen LogP contribution in [-0.2, 0) is 6.42 Å². The molecule has 21 heavy (non-hydrogen) atoms. The molecule has 0 unspecified atom stereocenters. The predicted octanol–water partition coefficient (Wildman–Crippen LogP) is 4.70. The molecule has 0 N–H and O–H groups in total. The van der Waals surface area contributed by atoms with Gasteiger partial charge in [0.2, 0.25) is 11.6 Å². The second-order valence-corrected chi connectivity index (χ2v) is 5.09. The molecule has 0 bridgehead atoms. The second kappa shape index (κ2) is 6.43. The number of ether oxygens (including phenoxy) is 1. The van der Waals surface area contributed by atoms with Crippen molar-refractivity contribution in [3.05, 3.63) is 49.3 Å². The molecular weight excluding hydrogens is 341 g/mol. The van der Waals surface area contributed by atoms with Crippen LogP contribution >= 0.6 is 34.8 Å². The Kier molecular flexibility index (Phi) is 4.82. The van der Waals surface area contributed by atoms with Gasteiger partial charge in [-0.3, -0.25) is 10.1 Å². The highest BCUT2D eigenvalue weighted by atomic mass is 35.5.